The molecule has 0 fully saturated rings. The number of hydrogen-bond donors (Lipinski definition) is 3. The molecule has 0 atom stereocenters. The Labute approximate surface area is 185 Å². The predicted octanol–water partition coefficient (Wildman–Crippen LogP) is 3.33. The summed E-state index contributed by atoms with van der Waals surface area (Å²) in [6.07, 6.45) is 0. The van der Waals surface area contributed by atoms with Crippen molar-refractivity contribution in [3.05, 3.63) is 81.5 Å². The standard InChI is InChI=1S/C22H23N3O4S2/c1-15-8-9-16(2)20(13-15)31(28,29)24-11-10-23-21(26)17-5-3-6-18(14-17)25-22(27)19-7-4-12-30-19/h3-9,12-14,24H,10-11H2,1-2H3,(H,23,26)(H,25,27). The minimum atomic E-state index is -3.67. The zero-order valence-corrected chi connectivity index (χ0v) is 18.8. The Balaban J connectivity index is 1.54. The third-order valence-electron chi connectivity index (χ3n) is 4.46. The summed E-state index contributed by atoms with van der Waals surface area (Å²) in [5.41, 5.74) is 2.37. The maximum atomic E-state index is 12.5. The lowest BCUT2D eigenvalue weighted by Crippen LogP contribution is -2.35. The number of amides is 2. The lowest BCUT2D eigenvalue weighted by atomic mass is 10.2. The van der Waals surface area contributed by atoms with Gasteiger partial charge >= 0.3 is 0 Å². The Bertz CT molecular complexity index is 1190. The van der Waals surface area contributed by atoms with E-state index in [1.165, 1.54) is 11.3 Å². The van der Waals surface area contributed by atoms with Gasteiger partial charge in [-0.05, 0) is 60.7 Å². The van der Waals surface area contributed by atoms with Crippen LogP contribution in [0.15, 0.2) is 64.9 Å². The zero-order valence-electron chi connectivity index (χ0n) is 17.1. The molecule has 2 aromatic carbocycles. The van der Waals surface area contributed by atoms with Crippen LogP contribution in [0.2, 0.25) is 0 Å². The highest BCUT2D eigenvalue weighted by molar-refractivity contribution is 7.89. The predicted molar refractivity (Wildman–Crippen MR) is 122 cm³/mol. The molecule has 0 aliphatic heterocycles. The highest BCUT2D eigenvalue weighted by atomic mass is 32.2. The largest absolute Gasteiger partial charge is 0.351 e. The second kappa shape index (κ2) is 9.86. The summed E-state index contributed by atoms with van der Waals surface area (Å²) in [5, 5.41) is 7.25. The number of nitrogens with one attached hydrogen (secondary N) is 3. The Morgan fingerprint density at radius 1 is 0.935 bits per heavy atom. The second-order valence-electron chi connectivity index (χ2n) is 6.93. The van der Waals surface area contributed by atoms with E-state index < -0.39 is 10.0 Å². The van der Waals surface area contributed by atoms with Gasteiger partial charge < -0.3 is 10.6 Å². The van der Waals surface area contributed by atoms with Gasteiger partial charge in [-0.15, -0.1) is 11.3 Å². The van der Waals surface area contributed by atoms with E-state index >= 15 is 0 Å². The van der Waals surface area contributed by atoms with Gasteiger partial charge in [0, 0.05) is 24.3 Å². The van der Waals surface area contributed by atoms with Crippen molar-refractivity contribution >= 4 is 38.9 Å². The average molecular weight is 458 g/mol. The summed E-state index contributed by atoms with van der Waals surface area (Å²) in [4.78, 5) is 25.4. The smallest absolute Gasteiger partial charge is 0.265 e. The SMILES string of the molecule is Cc1ccc(C)c(S(=O)(=O)NCCNC(=O)c2cccc(NC(=O)c3cccs3)c2)c1. The van der Waals surface area contributed by atoms with E-state index in [9.17, 15) is 18.0 Å². The quantitative estimate of drug-likeness (QED) is 0.451. The van der Waals surface area contributed by atoms with Crippen LogP contribution in [0.1, 0.15) is 31.2 Å². The Kier molecular flexibility index (Phi) is 7.21. The van der Waals surface area contributed by atoms with Crippen LogP contribution < -0.4 is 15.4 Å². The zero-order chi connectivity index (χ0) is 22.4. The fourth-order valence-electron chi connectivity index (χ4n) is 2.88. The first-order valence-corrected chi connectivity index (χ1v) is 11.9. The first kappa shape index (κ1) is 22.7. The van der Waals surface area contributed by atoms with Crippen LogP contribution in [0.5, 0.6) is 0 Å². The summed E-state index contributed by atoms with van der Waals surface area (Å²) in [7, 11) is -3.67. The molecule has 7 nitrogen and oxygen atoms in total. The maximum Gasteiger partial charge on any atom is 0.265 e. The molecule has 3 N–H and O–H groups in total. The van der Waals surface area contributed by atoms with Crippen molar-refractivity contribution in [2.45, 2.75) is 18.7 Å². The van der Waals surface area contributed by atoms with E-state index in [2.05, 4.69) is 15.4 Å². The first-order chi connectivity index (χ1) is 14.8. The Morgan fingerprint density at radius 3 is 2.48 bits per heavy atom. The van der Waals surface area contributed by atoms with Gasteiger partial charge in [-0.25, -0.2) is 13.1 Å². The fourth-order valence-corrected chi connectivity index (χ4v) is 4.85. The molecular formula is C22H23N3O4S2. The lowest BCUT2D eigenvalue weighted by molar-refractivity contribution is 0.0953. The number of carbonyl (C=O) groups is 2. The minimum Gasteiger partial charge on any atom is -0.351 e. The monoisotopic (exact) mass is 457 g/mol. The molecule has 3 rings (SSSR count). The molecule has 0 unspecified atom stereocenters. The molecule has 9 heteroatoms. The number of aryl methyl sites for hydroxylation is 2. The van der Waals surface area contributed by atoms with E-state index in [-0.39, 0.29) is 29.8 Å². The Morgan fingerprint density at radius 2 is 1.74 bits per heavy atom. The molecule has 2 amide bonds. The summed E-state index contributed by atoms with van der Waals surface area (Å²) in [6, 6.07) is 15.3. The summed E-state index contributed by atoms with van der Waals surface area (Å²) < 4.78 is 27.5. The molecule has 1 aromatic heterocycles. The molecular weight excluding hydrogens is 434 g/mol. The highest BCUT2D eigenvalue weighted by Crippen LogP contribution is 2.17. The van der Waals surface area contributed by atoms with Crippen LogP contribution in [-0.2, 0) is 10.0 Å². The maximum absolute atomic E-state index is 12.5. The lowest BCUT2D eigenvalue weighted by Gasteiger charge is -2.11. The molecule has 0 saturated heterocycles. The molecule has 0 spiro atoms. The average Bonchev–Trinajstić information content (AvgIpc) is 3.28. The molecule has 0 saturated carbocycles. The van der Waals surface area contributed by atoms with Crippen LogP contribution in [-0.4, -0.2) is 33.3 Å². The van der Waals surface area contributed by atoms with Crippen molar-refractivity contribution in [3.8, 4) is 0 Å². The van der Waals surface area contributed by atoms with E-state index in [1.54, 1.807) is 55.5 Å². The third kappa shape index (κ3) is 6.00. The second-order valence-corrected chi connectivity index (χ2v) is 9.62. The van der Waals surface area contributed by atoms with Crippen molar-refractivity contribution in [1.82, 2.24) is 10.0 Å². The van der Waals surface area contributed by atoms with Gasteiger partial charge in [0.05, 0.1) is 9.77 Å². The number of rotatable bonds is 8. The van der Waals surface area contributed by atoms with E-state index in [0.717, 1.165) is 5.56 Å². The summed E-state index contributed by atoms with van der Waals surface area (Å²) in [5.74, 6) is -0.605. The van der Waals surface area contributed by atoms with Crippen LogP contribution in [0.25, 0.3) is 0 Å². The van der Waals surface area contributed by atoms with Gasteiger partial charge in [0.1, 0.15) is 0 Å². The fraction of sp³-hybridized carbons (Fsp3) is 0.182. The molecule has 0 bridgehead atoms. The van der Waals surface area contributed by atoms with Gasteiger partial charge in [-0.3, -0.25) is 9.59 Å². The van der Waals surface area contributed by atoms with Crippen molar-refractivity contribution < 1.29 is 18.0 Å². The highest BCUT2D eigenvalue weighted by Gasteiger charge is 2.16. The van der Waals surface area contributed by atoms with Crippen LogP contribution in [0, 0.1) is 13.8 Å². The first-order valence-electron chi connectivity index (χ1n) is 9.56. The van der Waals surface area contributed by atoms with Gasteiger partial charge in [0.2, 0.25) is 10.0 Å². The number of sulfonamides is 1. The molecule has 0 radical (unpaired) electrons. The normalized spacial score (nSPS) is 11.2. The topological polar surface area (TPSA) is 104 Å². The summed E-state index contributed by atoms with van der Waals surface area (Å²) >= 11 is 1.33. The molecule has 0 aliphatic rings. The van der Waals surface area contributed by atoms with Crippen molar-refractivity contribution in [2.24, 2.45) is 0 Å². The molecule has 31 heavy (non-hydrogen) atoms. The van der Waals surface area contributed by atoms with E-state index in [1.807, 2.05) is 18.4 Å². The number of hydrogen-bond acceptors (Lipinski definition) is 5. The van der Waals surface area contributed by atoms with Gasteiger partial charge in [0.15, 0.2) is 0 Å². The number of anilines is 1. The number of benzene rings is 2. The van der Waals surface area contributed by atoms with Crippen LogP contribution >= 0.6 is 11.3 Å². The van der Waals surface area contributed by atoms with Gasteiger partial charge in [-0.1, -0.05) is 24.3 Å². The van der Waals surface area contributed by atoms with Crippen molar-refractivity contribution in [1.29, 1.82) is 0 Å². The minimum absolute atomic E-state index is 0.0518. The van der Waals surface area contributed by atoms with Gasteiger partial charge in [-0.2, -0.15) is 0 Å². The number of carbonyl (C=O) groups excluding carboxylic acids is 2. The van der Waals surface area contributed by atoms with Gasteiger partial charge in [0.25, 0.3) is 11.8 Å². The third-order valence-corrected chi connectivity index (χ3v) is 6.94. The summed E-state index contributed by atoms with van der Waals surface area (Å²) in [6.45, 7) is 3.74. The number of thiophene rings is 1. The van der Waals surface area contributed by atoms with Crippen molar-refractivity contribution in [2.75, 3.05) is 18.4 Å². The Hall–Kier alpha value is -3.01. The molecule has 1 heterocycles. The van der Waals surface area contributed by atoms with Crippen LogP contribution in [0.4, 0.5) is 5.69 Å². The van der Waals surface area contributed by atoms with Crippen LogP contribution in [0.3, 0.4) is 0 Å². The van der Waals surface area contributed by atoms with E-state index in [4.69, 9.17) is 0 Å². The van der Waals surface area contributed by atoms with E-state index in [0.29, 0.717) is 21.7 Å². The molecule has 3 aromatic rings. The van der Waals surface area contributed by atoms with Crippen molar-refractivity contribution in [3.63, 3.8) is 0 Å². The molecule has 0 aliphatic carbocycles. The molecule has 162 valence electrons.